The van der Waals surface area contributed by atoms with Crippen molar-refractivity contribution in [2.75, 3.05) is 13.2 Å². The monoisotopic (exact) mass is 490 g/mol. The quantitative estimate of drug-likeness (QED) is 0.358. The largest absolute Gasteiger partial charge is 0.422 e. The molecule has 2 rings (SSSR count). The summed E-state index contributed by atoms with van der Waals surface area (Å²) in [4.78, 5) is 23.6. The van der Waals surface area contributed by atoms with Gasteiger partial charge in [0.15, 0.2) is 11.5 Å². The van der Waals surface area contributed by atoms with Gasteiger partial charge in [0.05, 0.1) is 20.1 Å². The minimum atomic E-state index is -0.837. The van der Waals surface area contributed by atoms with Crippen LogP contribution in [0.25, 0.3) is 0 Å². The lowest BCUT2D eigenvalue weighted by molar-refractivity contribution is -0.145. The fourth-order valence-corrected chi connectivity index (χ4v) is 3.55. The van der Waals surface area contributed by atoms with Crippen LogP contribution >= 0.6 is 69.6 Å². The van der Waals surface area contributed by atoms with Crippen LogP contribution in [-0.2, 0) is 14.3 Å². The molecule has 0 atom stereocenters. The fraction of sp³-hybridized carbons (Fsp3) is 0.125. The third-order valence-corrected chi connectivity index (χ3v) is 4.36. The van der Waals surface area contributed by atoms with Crippen molar-refractivity contribution in [3.05, 3.63) is 54.4 Å². The van der Waals surface area contributed by atoms with Crippen molar-refractivity contribution in [3.8, 4) is 11.5 Å². The van der Waals surface area contributed by atoms with Gasteiger partial charge >= 0.3 is 11.9 Å². The Kier molecular flexibility index (Phi) is 8.31. The van der Waals surface area contributed by atoms with E-state index in [1.165, 1.54) is 24.3 Å². The molecule has 0 aliphatic heterocycles. The first-order valence-corrected chi connectivity index (χ1v) is 9.22. The second kappa shape index (κ2) is 10.0. The Morgan fingerprint density at radius 3 is 1.22 bits per heavy atom. The molecule has 0 saturated heterocycles. The van der Waals surface area contributed by atoms with Crippen LogP contribution in [0.5, 0.6) is 11.5 Å². The van der Waals surface area contributed by atoms with Crippen molar-refractivity contribution in [2.24, 2.45) is 0 Å². The summed E-state index contributed by atoms with van der Waals surface area (Å²) in [7, 11) is 0. The lowest BCUT2D eigenvalue weighted by atomic mass is 10.3. The highest BCUT2D eigenvalue weighted by Crippen LogP contribution is 2.36. The summed E-state index contributed by atoms with van der Waals surface area (Å²) in [5.74, 6) is -1.81. The molecule has 144 valence electrons. The summed E-state index contributed by atoms with van der Waals surface area (Å²) >= 11 is 35.1. The number of hydrogen-bond donors (Lipinski definition) is 0. The summed E-state index contributed by atoms with van der Waals surface area (Å²) < 4.78 is 14.9. The normalized spacial score (nSPS) is 10.6. The molecule has 2 aromatic rings. The molecule has 0 N–H and O–H groups in total. The van der Waals surface area contributed by atoms with Crippen LogP contribution in [0, 0.1) is 0 Å². The smallest absolute Gasteiger partial charge is 0.337 e. The average Bonchev–Trinajstić information content (AvgIpc) is 2.54. The van der Waals surface area contributed by atoms with Gasteiger partial charge in [0.2, 0.25) is 0 Å². The zero-order valence-corrected chi connectivity index (χ0v) is 17.6. The van der Waals surface area contributed by atoms with E-state index in [1.54, 1.807) is 0 Å². The summed E-state index contributed by atoms with van der Waals surface area (Å²) in [6.45, 7) is -1.13. The maximum Gasteiger partial charge on any atom is 0.337 e. The Bertz CT molecular complexity index is 768. The Morgan fingerprint density at radius 2 is 0.926 bits per heavy atom. The lowest BCUT2D eigenvalue weighted by Gasteiger charge is -2.10. The summed E-state index contributed by atoms with van der Waals surface area (Å²) in [6.07, 6.45) is 0. The van der Waals surface area contributed by atoms with Gasteiger partial charge in [-0.1, -0.05) is 69.6 Å². The van der Waals surface area contributed by atoms with Gasteiger partial charge in [-0.3, -0.25) is 0 Å². The molecule has 0 saturated carbocycles. The van der Waals surface area contributed by atoms with E-state index in [2.05, 4.69) is 0 Å². The van der Waals surface area contributed by atoms with Crippen molar-refractivity contribution in [1.82, 2.24) is 0 Å². The van der Waals surface area contributed by atoms with Crippen LogP contribution in [-0.4, -0.2) is 25.2 Å². The standard InChI is InChI=1S/C16H8Cl6O5/c17-7-1-9(19)15(10(20)2-7)26-13(23)5-25-6-14(24)27-16-11(21)3-8(18)4-12(16)22/h1-4H,5-6H2. The molecule has 0 unspecified atom stereocenters. The number of rotatable bonds is 6. The maximum absolute atomic E-state index is 11.8. The van der Waals surface area contributed by atoms with Gasteiger partial charge in [-0.15, -0.1) is 0 Å². The molecular weight excluding hydrogens is 485 g/mol. The van der Waals surface area contributed by atoms with E-state index in [9.17, 15) is 9.59 Å². The molecule has 0 aromatic heterocycles. The lowest BCUT2D eigenvalue weighted by Crippen LogP contribution is -2.22. The molecule has 0 spiro atoms. The molecule has 2 aromatic carbocycles. The van der Waals surface area contributed by atoms with Gasteiger partial charge in [0.25, 0.3) is 0 Å². The highest BCUT2D eigenvalue weighted by molar-refractivity contribution is 6.41. The van der Waals surface area contributed by atoms with Gasteiger partial charge in [-0.25, -0.2) is 9.59 Å². The van der Waals surface area contributed by atoms with Gasteiger partial charge in [0, 0.05) is 10.0 Å². The van der Waals surface area contributed by atoms with E-state index in [-0.39, 0.29) is 41.6 Å². The van der Waals surface area contributed by atoms with E-state index in [4.69, 9.17) is 83.8 Å². The van der Waals surface area contributed by atoms with E-state index in [0.717, 1.165) is 0 Å². The van der Waals surface area contributed by atoms with Gasteiger partial charge in [-0.2, -0.15) is 0 Å². The summed E-state index contributed by atoms with van der Waals surface area (Å²) in [5.41, 5.74) is 0. The molecule has 0 aliphatic carbocycles. The second-order valence-electron chi connectivity index (χ2n) is 4.84. The Balaban J connectivity index is 1.86. The van der Waals surface area contributed by atoms with Crippen molar-refractivity contribution in [1.29, 1.82) is 0 Å². The third kappa shape index (κ3) is 6.57. The van der Waals surface area contributed by atoms with E-state index in [0.29, 0.717) is 0 Å². The fourth-order valence-electron chi connectivity index (χ4n) is 1.76. The first kappa shape index (κ1) is 22.4. The first-order chi connectivity index (χ1) is 12.7. The zero-order valence-electron chi connectivity index (χ0n) is 13.0. The SMILES string of the molecule is O=C(COCC(=O)Oc1c(Cl)cc(Cl)cc1Cl)Oc1c(Cl)cc(Cl)cc1Cl. The third-order valence-electron chi connectivity index (χ3n) is 2.80. The van der Waals surface area contributed by atoms with Crippen molar-refractivity contribution in [3.63, 3.8) is 0 Å². The topological polar surface area (TPSA) is 61.8 Å². The van der Waals surface area contributed by atoms with Crippen LogP contribution in [0.4, 0.5) is 0 Å². The minimum absolute atomic E-state index is 0.0484. The minimum Gasteiger partial charge on any atom is -0.422 e. The molecule has 0 amide bonds. The number of esters is 2. The molecule has 0 radical (unpaired) electrons. The molecule has 0 aliphatic rings. The second-order valence-corrected chi connectivity index (χ2v) is 7.34. The van der Waals surface area contributed by atoms with Crippen molar-refractivity contribution in [2.45, 2.75) is 0 Å². The highest BCUT2D eigenvalue weighted by Gasteiger charge is 2.17. The molecule has 11 heteroatoms. The number of carbonyl (C=O) groups excluding carboxylic acids is 2. The van der Waals surface area contributed by atoms with Crippen LogP contribution in [0.15, 0.2) is 24.3 Å². The number of carbonyl (C=O) groups is 2. The van der Waals surface area contributed by atoms with E-state index < -0.39 is 25.2 Å². The molecule has 5 nitrogen and oxygen atoms in total. The number of benzene rings is 2. The Labute approximate surface area is 183 Å². The summed E-state index contributed by atoms with van der Waals surface area (Å²) in [6, 6.07) is 5.43. The van der Waals surface area contributed by atoms with Gasteiger partial charge in [-0.05, 0) is 24.3 Å². The van der Waals surface area contributed by atoms with E-state index >= 15 is 0 Å². The molecule has 0 heterocycles. The first-order valence-electron chi connectivity index (χ1n) is 6.95. The van der Waals surface area contributed by atoms with E-state index in [1.807, 2.05) is 0 Å². The highest BCUT2D eigenvalue weighted by atomic mass is 35.5. The maximum atomic E-state index is 11.8. The number of ether oxygens (including phenoxy) is 3. The number of halogens is 6. The summed E-state index contributed by atoms with van der Waals surface area (Å²) in [5, 5.41) is 0.755. The predicted molar refractivity (Wildman–Crippen MR) is 105 cm³/mol. The molecular formula is C16H8Cl6O5. The van der Waals surface area contributed by atoms with Crippen LogP contribution in [0.3, 0.4) is 0 Å². The average molecular weight is 493 g/mol. The Morgan fingerprint density at radius 1 is 0.630 bits per heavy atom. The van der Waals surface area contributed by atoms with Crippen molar-refractivity contribution >= 4 is 81.5 Å². The van der Waals surface area contributed by atoms with Crippen LogP contribution in [0.1, 0.15) is 0 Å². The number of hydrogen-bond acceptors (Lipinski definition) is 5. The van der Waals surface area contributed by atoms with Crippen molar-refractivity contribution < 1.29 is 23.8 Å². The van der Waals surface area contributed by atoms with Crippen LogP contribution in [0.2, 0.25) is 30.1 Å². The predicted octanol–water partition coefficient (Wildman–Crippen LogP) is 6.13. The zero-order chi connectivity index (χ0) is 20.1. The molecule has 0 fully saturated rings. The molecule has 0 bridgehead atoms. The van der Waals surface area contributed by atoms with Gasteiger partial charge in [0.1, 0.15) is 13.2 Å². The van der Waals surface area contributed by atoms with Gasteiger partial charge < -0.3 is 14.2 Å². The van der Waals surface area contributed by atoms with Crippen LogP contribution < -0.4 is 9.47 Å². The Hall–Kier alpha value is -0.920. The molecule has 27 heavy (non-hydrogen) atoms.